The number of nitrogens with one attached hydrogen (secondary N) is 1. The lowest BCUT2D eigenvalue weighted by Crippen LogP contribution is -2.42. The van der Waals surface area contributed by atoms with Gasteiger partial charge in [-0.15, -0.1) is 0 Å². The quantitative estimate of drug-likeness (QED) is 0.821. The zero-order valence-electron chi connectivity index (χ0n) is 12.8. The van der Waals surface area contributed by atoms with E-state index in [1.54, 1.807) is 0 Å². The number of benzene rings is 1. The Morgan fingerprint density at radius 3 is 2.68 bits per heavy atom. The van der Waals surface area contributed by atoms with E-state index in [-0.39, 0.29) is 18.5 Å². The number of carboxylic acid groups (broad SMARTS) is 1. The highest BCUT2D eigenvalue weighted by Crippen LogP contribution is 2.29. The third-order valence-corrected chi connectivity index (χ3v) is 4.04. The van der Waals surface area contributed by atoms with E-state index in [0.717, 1.165) is 32.2 Å². The Kier molecular flexibility index (Phi) is 6.25. The van der Waals surface area contributed by atoms with Gasteiger partial charge in [0.15, 0.2) is 0 Å². The lowest BCUT2D eigenvalue weighted by atomic mass is 10.0. The zero-order valence-corrected chi connectivity index (χ0v) is 12.8. The summed E-state index contributed by atoms with van der Waals surface area (Å²) in [5.41, 5.74) is 1.17. The molecule has 1 atom stereocenters. The van der Waals surface area contributed by atoms with Crippen LogP contribution in [-0.2, 0) is 4.79 Å². The number of rotatable bonds is 5. The fraction of sp³-hybridized carbons (Fsp3) is 0.529. The molecule has 1 heterocycles. The fourth-order valence-electron chi connectivity index (χ4n) is 2.91. The van der Waals surface area contributed by atoms with Crippen LogP contribution in [0.15, 0.2) is 30.3 Å². The van der Waals surface area contributed by atoms with Crippen molar-refractivity contribution in [3.8, 4) is 0 Å². The Hall–Kier alpha value is -2.04. The SMILES string of the molecule is O=C(O)CCCNC(=O)N1CCCCCC1c1ccccc1. The molecule has 1 saturated heterocycles. The van der Waals surface area contributed by atoms with E-state index in [1.165, 1.54) is 5.56 Å². The highest BCUT2D eigenvalue weighted by Gasteiger charge is 2.26. The number of aliphatic carboxylic acids is 1. The van der Waals surface area contributed by atoms with Gasteiger partial charge in [-0.3, -0.25) is 4.79 Å². The molecule has 1 fully saturated rings. The molecule has 1 aliphatic rings. The van der Waals surface area contributed by atoms with Gasteiger partial charge in [-0.25, -0.2) is 4.79 Å². The third-order valence-electron chi connectivity index (χ3n) is 4.04. The largest absolute Gasteiger partial charge is 0.481 e. The Morgan fingerprint density at radius 1 is 1.18 bits per heavy atom. The number of nitrogens with zero attached hydrogens (tertiary/aromatic N) is 1. The molecule has 1 unspecified atom stereocenters. The summed E-state index contributed by atoms with van der Waals surface area (Å²) in [4.78, 5) is 24.9. The Bertz CT molecular complexity index is 490. The van der Waals surface area contributed by atoms with Crippen LogP contribution in [0.3, 0.4) is 0 Å². The summed E-state index contributed by atoms with van der Waals surface area (Å²) < 4.78 is 0. The van der Waals surface area contributed by atoms with Gasteiger partial charge in [-0.05, 0) is 24.8 Å². The van der Waals surface area contributed by atoms with Crippen molar-refractivity contribution in [1.29, 1.82) is 0 Å². The number of carbonyl (C=O) groups is 2. The number of amides is 2. The van der Waals surface area contributed by atoms with Crippen molar-refractivity contribution >= 4 is 12.0 Å². The van der Waals surface area contributed by atoms with Gasteiger partial charge in [0, 0.05) is 19.5 Å². The highest BCUT2D eigenvalue weighted by atomic mass is 16.4. The molecule has 1 aromatic carbocycles. The standard InChI is InChI=1S/C17H24N2O3/c20-16(21)11-7-12-18-17(22)19-13-6-2-5-10-15(19)14-8-3-1-4-9-14/h1,3-4,8-9,15H,2,5-7,10-13H2,(H,18,22)(H,20,21). The Labute approximate surface area is 131 Å². The third kappa shape index (κ3) is 4.76. The predicted octanol–water partition coefficient (Wildman–Crippen LogP) is 3.18. The monoisotopic (exact) mass is 304 g/mol. The van der Waals surface area contributed by atoms with E-state index in [9.17, 15) is 9.59 Å². The summed E-state index contributed by atoms with van der Waals surface area (Å²) in [5.74, 6) is -0.828. The van der Waals surface area contributed by atoms with E-state index >= 15 is 0 Å². The van der Waals surface area contributed by atoms with Gasteiger partial charge < -0.3 is 15.3 Å². The summed E-state index contributed by atoms with van der Waals surface area (Å²) in [6.07, 6.45) is 4.82. The summed E-state index contributed by atoms with van der Waals surface area (Å²) in [7, 11) is 0. The van der Waals surface area contributed by atoms with Crippen LogP contribution in [0.2, 0.25) is 0 Å². The Balaban J connectivity index is 1.97. The van der Waals surface area contributed by atoms with Crippen molar-refractivity contribution < 1.29 is 14.7 Å². The summed E-state index contributed by atoms with van der Waals surface area (Å²) in [6.45, 7) is 1.16. The van der Waals surface area contributed by atoms with E-state index < -0.39 is 5.97 Å². The van der Waals surface area contributed by atoms with Crippen molar-refractivity contribution in [2.45, 2.75) is 44.6 Å². The molecule has 22 heavy (non-hydrogen) atoms. The molecule has 0 radical (unpaired) electrons. The minimum Gasteiger partial charge on any atom is -0.481 e. The average molecular weight is 304 g/mol. The van der Waals surface area contributed by atoms with Crippen LogP contribution in [0.1, 0.15) is 50.1 Å². The van der Waals surface area contributed by atoms with Crippen LogP contribution in [0.25, 0.3) is 0 Å². The second-order valence-electron chi connectivity index (χ2n) is 5.70. The minimum absolute atomic E-state index is 0.0823. The van der Waals surface area contributed by atoms with E-state index in [2.05, 4.69) is 17.4 Å². The molecular formula is C17H24N2O3. The molecule has 0 saturated carbocycles. The van der Waals surface area contributed by atoms with Crippen molar-refractivity contribution in [3.63, 3.8) is 0 Å². The van der Waals surface area contributed by atoms with Gasteiger partial charge in [0.1, 0.15) is 0 Å². The van der Waals surface area contributed by atoms with Crippen molar-refractivity contribution in [2.24, 2.45) is 0 Å². The first-order valence-corrected chi connectivity index (χ1v) is 7.99. The molecule has 0 spiro atoms. The minimum atomic E-state index is -0.828. The van der Waals surface area contributed by atoms with Crippen molar-refractivity contribution in [2.75, 3.05) is 13.1 Å². The van der Waals surface area contributed by atoms with Crippen molar-refractivity contribution in [1.82, 2.24) is 10.2 Å². The maximum absolute atomic E-state index is 12.4. The molecule has 0 aliphatic carbocycles. The first-order chi connectivity index (χ1) is 10.7. The molecule has 120 valence electrons. The summed E-state index contributed by atoms with van der Waals surface area (Å²) in [5, 5.41) is 11.5. The van der Waals surface area contributed by atoms with Crippen LogP contribution in [-0.4, -0.2) is 35.1 Å². The van der Waals surface area contributed by atoms with Gasteiger partial charge in [0.2, 0.25) is 0 Å². The van der Waals surface area contributed by atoms with E-state index in [0.29, 0.717) is 13.0 Å². The van der Waals surface area contributed by atoms with E-state index in [4.69, 9.17) is 5.11 Å². The Morgan fingerprint density at radius 2 is 1.95 bits per heavy atom. The molecule has 5 heteroatoms. The molecule has 1 aromatic rings. The molecule has 2 N–H and O–H groups in total. The predicted molar refractivity (Wildman–Crippen MR) is 84.6 cm³/mol. The zero-order chi connectivity index (χ0) is 15.8. The van der Waals surface area contributed by atoms with Crippen LogP contribution in [0, 0.1) is 0 Å². The van der Waals surface area contributed by atoms with Gasteiger partial charge in [0.25, 0.3) is 0 Å². The topological polar surface area (TPSA) is 69.6 Å². The maximum atomic E-state index is 12.4. The van der Waals surface area contributed by atoms with Gasteiger partial charge in [-0.1, -0.05) is 43.2 Å². The van der Waals surface area contributed by atoms with Crippen molar-refractivity contribution in [3.05, 3.63) is 35.9 Å². The second-order valence-corrected chi connectivity index (χ2v) is 5.70. The first kappa shape index (κ1) is 16.3. The maximum Gasteiger partial charge on any atom is 0.317 e. The number of hydrogen-bond acceptors (Lipinski definition) is 2. The van der Waals surface area contributed by atoms with Crippen LogP contribution >= 0.6 is 0 Å². The van der Waals surface area contributed by atoms with Gasteiger partial charge in [-0.2, -0.15) is 0 Å². The highest BCUT2D eigenvalue weighted by molar-refractivity contribution is 5.75. The number of urea groups is 1. The number of carboxylic acids is 1. The summed E-state index contributed by atoms with van der Waals surface area (Å²) >= 11 is 0. The molecule has 5 nitrogen and oxygen atoms in total. The molecule has 2 amide bonds. The van der Waals surface area contributed by atoms with Gasteiger partial charge >= 0.3 is 12.0 Å². The van der Waals surface area contributed by atoms with Crippen LogP contribution < -0.4 is 5.32 Å². The number of carbonyl (C=O) groups excluding carboxylic acids is 1. The molecule has 1 aliphatic heterocycles. The average Bonchev–Trinajstić information content (AvgIpc) is 2.78. The summed E-state index contributed by atoms with van der Waals surface area (Å²) in [6, 6.07) is 10.2. The second kappa shape index (κ2) is 8.41. The number of likely N-dealkylation sites (tertiary alicyclic amines) is 1. The smallest absolute Gasteiger partial charge is 0.317 e. The molecule has 0 aromatic heterocycles. The van der Waals surface area contributed by atoms with Crippen LogP contribution in [0.4, 0.5) is 4.79 Å². The van der Waals surface area contributed by atoms with Gasteiger partial charge in [0.05, 0.1) is 6.04 Å². The molecule has 0 bridgehead atoms. The molecular weight excluding hydrogens is 280 g/mol. The van der Waals surface area contributed by atoms with Crippen LogP contribution in [0.5, 0.6) is 0 Å². The molecule has 2 rings (SSSR count). The normalized spacial score (nSPS) is 18.5. The van der Waals surface area contributed by atoms with E-state index in [1.807, 2.05) is 23.1 Å². The number of hydrogen-bond donors (Lipinski definition) is 2. The fourth-order valence-corrected chi connectivity index (χ4v) is 2.91. The lowest BCUT2D eigenvalue weighted by Gasteiger charge is -2.30. The first-order valence-electron chi connectivity index (χ1n) is 7.99. The lowest BCUT2D eigenvalue weighted by molar-refractivity contribution is -0.137.